The number of carbonyl (C=O) groups is 3. The molecule has 0 atom stereocenters. The van der Waals surface area contributed by atoms with E-state index < -0.39 is 5.97 Å². The minimum Gasteiger partial charge on any atom is -0.466 e. The van der Waals surface area contributed by atoms with E-state index in [0.717, 1.165) is 24.8 Å². The van der Waals surface area contributed by atoms with E-state index in [1.165, 1.54) is 7.11 Å². The van der Waals surface area contributed by atoms with Gasteiger partial charge < -0.3 is 14.2 Å². The first-order chi connectivity index (χ1) is 13.8. The third kappa shape index (κ3) is 40.3. The lowest BCUT2D eigenvalue weighted by Gasteiger charge is -2.05. The molecule has 0 aromatic heterocycles. The fraction of sp³-hybridized carbons (Fsp3) is 0.625. The van der Waals surface area contributed by atoms with Gasteiger partial charge in [-0.15, -0.1) is 0 Å². The summed E-state index contributed by atoms with van der Waals surface area (Å²) >= 11 is 0. The van der Waals surface area contributed by atoms with Crippen molar-refractivity contribution >= 4 is 17.9 Å². The molecule has 0 amide bonds. The van der Waals surface area contributed by atoms with Crippen molar-refractivity contribution in [3.8, 4) is 0 Å². The number of unbranched alkanes of at least 4 members (excludes halogenated alkanes) is 1. The van der Waals surface area contributed by atoms with Gasteiger partial charge in [-0.1, -0.05) is 67.7 Å². The third-order valence-corrected chi connectivity index (χ3v) is 2.34. The van der Waals surface area contributed by atoms with Crippen LogP contribution in [-0.2, 0) is 28.6 Å². The van der Waals surface area contributed by atoms with Gasteiger partial charge in [0.2, 0.25) is 0 Å². The lowest BCUT2D eigenvalue weighted by atomic mass is 10.2. The average Bonchev–Trinajstić information content (AvgIpc) is 2.65. The van der Waals surface area contributed by atoms with Gasteiger partial charge in [-0.25, -0.2) is 14.4 Å². The summed E-state index contributed by atoms with van der Waals surface area (Å²) in [5.74, 6) is 0.250. The van der Waals surface area contributed by atoms with Gasteiger partial charge in [0, 0.05) is 17.2 Å². The molecule has 30 heavy (non-hydrogen) atoms. The second-order valence-electron chi connectivity index (χ2n) is 7.50. The molecule has 0 rings (SSSR count). The average molecular weight is 429 g/mol. The molecule has 0 aromatic carbocycles. The summed E-state index contributed by atoms with van der Waals surface area (Å²) in [6.07, 6.45) is 3.09. The van der Waals surface area contributed by atoms with E-state index in [-0.39, 0.29) is 11.9 Å². The van der Waals surface area contributed by atoms with Crippen molar-refractivity contribution in [3.63, 3.8) is 0 Å². The second-order valence-corrected chi connectivity index (χ2v) is 7.50. The van der Waals surface area contributed by atoms with Gasteiger partial charge in [-0.2, -0.15) is 0 Å². The van der Waals surface area contributed by atoms with Crippen molar-refractivity contribution in [2.75, 3.05) is 20.3 Å². The van der Waals surface area contributed by atoms with E-state index in [0.29, 0.717) is 30.3 Å². The van der Waals surface area contributed by atoms with Crippen molar-refractivity contribution in [1.82, 2.24) is 0 Å². The van der Waals surface area contributed by atoms with Gasteiger partial charge in [0.1, 0.15) is 0 Å². The highest BCUT2D eigenvalue weighted by atomic mass is 16.5. The first-order valence-corrected chi connectivity index (χ1v) is 10.1. The highest BCUT2D eigenvalue weighted by Crippen LogP contribution is 1.97. The van der Waals surface area contributed by atoms with Crippen LogP contribution >= 0.6 is 0 Å². The molecule has 0 heterocycles. The third-order valence-electron chi connectivity index (χ3n) is 2.34. The van der Waals surface area contributed by atoms with Gasteiger partial charge in [0.15, 0.2) is 0 Å². The molecule has 176 valence electrons. The Balaban J connectivity index is -0.000000159. The topological polar surface area (TPSA) is 78.9 Å². The van der Waals surface area contributed by atoms with Crippen molar-refractivity contribution in [2.24, 2.45) is 11.8 Å². The van der Waals surface area contributed by atoms with Gasteiger partial charge in [0.05, 0.1) is 20.3 Å². The first-order valence-electron chi connectivity index (χ1n) is 10.1. The molecule has 0 fully saturated rings. The summed E-state index contributed by atoms with van der Waals surface area (Å²) in [6, 6.07) is 0. The standard InChI is InChI=1S/2C8H14O2.C4H6O2.C4H10/c1-6(2)5-10-8(9)7(3)4;1-4-5-6-10-8(9)7(2)3;1-3-4(5)6-2;1-4(2)3/h6H,3,5H2,1-2,4H3;2,4-6H2,1,3H3;3H,1H2,2H3;4H,1-3H3. The van der Waals surface area contributed by atoms with E-state index in [9.17, 15) is 14.4 Å². The molecule has 0 saturated heterocycles. The number of rotatable bonds is 8. The number of carbonyl (C=O) groups excluding carboxylic acids is 3. The lowest BCUT2D eigenvalue weighted by Crippen LogP contribution is -2.09. The molecule has 0 N–H and O–H groups in total. The van der Waals surface area contributed by atoms with Gasteiger partial charge in [0.25, 0.3) is 0 Å². The Morgan fingerprint density at radius 2 is 1.30 bits per heavy atom. The van der Waals surface area contributed by atoms with Crippen molar-refractivity contribution in [3.05, 3.63) is 37.0 Å². The molecule has 0 aliphatic heterocycles. The molecule has 0 aromatic rings. The second kappa shape index (κ2) is 24.7. The van der Waals surface area contributed by atoms with E-state index in [1.807, 2.05) is 13.8 Å². The van der Waals surface area contributed by atoms with Crippen LogP contribution in [0.15, 0.2) is 37.0 Å². The highest BCUT2D eigenvalue weighted by molar-refractivity contribution is 5.87. The minimum atomic E-state index is -0.394. The number of hydrogen-bond donors (Lipinski definition) is 0. The summed E-state index contributed by atoms with van der Waals surface area (Å²) in [5, 5.41) is 0. The van der Waals surface area contributed by atoms with Gasteiger partial charge in [-0.05, 0) is 32.1 Å². The molecule has 0 bridgehead atoms. The number of ether oxygens (including phenoxy) is 3. The molecule has 0 unspecified atom stereocenters. The summed E-state index contributed by atoms with van der Waals surface area (Å²) in [5.41, 5.74) is 0.928. The van der Waals surface area contributed by atoms with Crippen LogP contribution < -0.4 is 0 Å². The molecule has 6 heteroatoms. The quantitative estimate of drug-likeness (QED) is 0.214. The van der Waals surface area contributed by atoms with Crippen LogP contribution in [0.4, 0.5) is 0 Å². The van der Waals surface area contributed by atoms with Crippen molar-refractivity contribution in [1.29, 1.82) is 0 Å². The van der Waals surface area contributed by atoms with Crippen LogP contribution in [0.1, 0.15) is 68.2 Å². The lowest BCUT2D eigenvalue weighted by molar-refractivity contribution is -0.140. The van der Waals surface area contributed by atoms with Crippen molar-refractivity contribution in [2.45, 2.75) is 68.2 Å². The monoisotopic (exact) mass is 428 g/mol. The smallest absolute Gasteiger partial charge is 0.333 e. The Bertz CT molecular complexity index is 501. The predicted molar refractivity (Wildman–Crippen MR) is 124 cm³/mol. The zero-order valence-electron chi connectivity index (χ0n) is 20.6. The van der Waals surface area contributed by atoms with Crippen molar-refractivity contribution < 1.29 is 28.6 Å². The maximum absolute atomic E-state index is 10.7. The Morgan fingerprint density at radius 1 is 0.900 bits per heavy atom. The first kappa shape index (κ1) is 35.1. The van der Waals surface area contributed by atoms with Gasteiger partial charge in [-0.3, -0.25) is 0 Å². The van der Waals surface area contributed by atoms with Crippen LogP contribution in [-0.4, -0.2) is 38.2 Å². The number of esters is 3. The zero-order valence-corrected chi connectivity index (χ0v) is 20.6. The summed E-state index contributed by atoms with van der Waals surface area (Å²) in [7, 11) is 1.31. The van der Waals surface area contributed by atoms with Crippen LogP contribution in [0, 0.1) is 11.8 Å². The molecule has 6 nitrogen and oxygen atoms in total. The Labute approximate surface area is 184 Å². The van der Waals surface area contributed by atoms with E-state index in [4.69, 9.17) is 9.47 Å². The van der Waals surface area contributed by atoms with Crippen LogP contribution in [0.25, 0.3) is 0 Å². The normalized spacial score (nSPS) is 8.77. The molecular weight excluding hydrogens is 384 g/mol. The van der Waals surface area contributed by atoms with E-state index in [1.54, 1.807) is 13.8 Å². The summed E-state index contributed by atoms with van der Waals surface area (Å²) in [4.78, 5) is 31.3. The predicted octanol–water partition coefficient (Wildman–Crippen LogP) is 5.68. The number of methoxy groups -OCH3 is 1. The fourth-order valence-electron chi connectivity index (χ4n) is 0.881. The highest BCUT2D eigenvalue weighted by Gasteiger charge is 2.03. The SMILES string of the molecule is C=C(C)C(=O)OCC(C)C.C=C(C)C(=O)OCCCC.C=CC(=O)OC.CC(C)C. The maximum atomic E-state index is 10.7. The Kier molecular flexibility index (Phi) is 28.9. The summed E-state index contributed by atoms with van der Waals surface area (Å²) < 4.78 is 13.8. The molecular formula is C24H44O6. The maximum Gasteiger partial charge on any atom is 0.333 e. The molecule has 0 aliphatic carbocycles. The minimum absolute atomic E-state index is 0.284. The number of hydrogen-bond acceptors (Lipinski definition) is 6. The molecule has 0 spiro atoms. The van der Waals surface area contributed by atoms with E-state index >= 15 is 0 Å². The molecule has 0 saturated carbocycles. The largest absolute Gasteiger partial charge is 0.466 e. The molecule has 0 aliphatic rings. The Morgan fingerprint density at radius 3 is 1.53 bits per heavy atom. The van der Waals surface area contributed by atoms with Crippen LogP contribution in [0.3, 0.4) is 0 Å². The fourth-order valence-corrected chi connectivity index (χ4v) is 0.881. The molecule has 0 radical (unpaired) electrons. The zero-order chi connectivity index (χ0) is 24.7. The van der Waals surface area contributed by atoms with Crippen LogP contribution in [0.2, 0.25) is 0 Å². The van der Waals surface area contributed by atoms with Crippen LogP contribution in [0.5, 0.6) is 0 Å². The van der Waals surface area contributed by atoms with Gasteiger partial charge >= 0.3 is 17.9 Å². The van der Waals surface area contributed by atoms with E-state index in [2.05, 4.69) is 52.2 Å². The Hall–Kier alpha value is -2.37. The summed E-state index contributed by atoms with van der Waals surface area (Å²) in [6.45, 7) is 26.9.